The largest absolute Gasteiger partial charge is 0.0729 e. The Balaban J connectivity index is 2.06. The maximum Gasteiger partial charge on any atom is 0.0237 e. The lowest BCUT2D eigenvalue weighted by molar-refractivity contribution is 0.638. The number of hydrogen-bond acceptors (Lipinski definition) is 0. The molecular formula is C13H14. The molecule has 0 aliphatic heterocycles. The van der Waals surface area contributed by atoms with Gasteiger partial charge in [0, 0.05) is 5.92 Å². The van der Waals surface area contributed by atoms with Gasteiger partial charge in [0.15, 0.2) is 0 Å². The van der Waals surface area contributed by atoms with Crippen LogP contribution in [0.1, 0.15) is 25.7 Å². The van der Waals surface area contributed by atoms with Gasteiger partial charge >= 0.3 is 0 Å². The molecule has 66 valence electrons. The minimum Gasteiger partial charge on any atom is -0.0729 e. The highest BCUT2D eigenvalue weighted by atomic mass is 14.3. The van der Waals surface area contributed by atoms with Crippen molar-refractivity contribution in [2.45, 2.75) is 25.7 Å². The summed E-state index contributed by atoms with van der Waals surface area (Å²) < 4.78 is 0. The first-order valence-electron chi connectivity index (χ1n) is 5.23. The summed E-state index contributed by atoms with van der Waals surface area (Å²) in [5, 5.41) is 0. The summed E-state index contributed by atoms with van der Waals surface area (Å²) in [5.41, 5.74) is 4.83. The second-order valence-electron chi connectivity index (χ2n) is 4.12. The van der Waals surface area contributed by atoms with Gasteiger partial charge in [0.05, 0.1) is 0 Å². The second kappa shape index (κ2) is 2.73. The third kappa shape index (κ3) is 1.05. The van der Waals surface area contributed by atoms with Gasteiger partial charge in [-0.25, -0.2) is 0 Å². The maximum atomic E-state index is 2.35. The number of hydrogen-bond donors (Lipinski definition) is 0. The number of rotatable bonds is 0. The van der Waals surface area contributed by atoms with E-state index in [1.54, 1.807) is 11.1 Å². The van der Waals surface area contributed by atoms with Crippen molar-refractivity contribution in [2.75, 3.05) is 0 Å². The predicted octanol–water partition coefficient (Wildman–Crippen LogP) is 3.54. The van der Waals surface area contributed by atoms with Crippen LogP contribution >= 0.6 is 0 Å². The van der Waals surface area contributed by atoms with E-state index >= 15 is 0 Å². The highest BCUT2D eigenvalue weighted by molar-refractivity contribution is 5.51. The Morgan fingerprint density at radius 2 is 2.00 bits per heavy atom. The first kappa shape index (κ1) is 7.37. The van der Waals surface area contributed by atoms with Crippen LogP contribution in [0, 0.1) is 5.92 Å². The van der Waals surface area contributed by atoms with E-state index in [0.29, 0.717) is 5.92 Å². The highest BCUT2D eigenvalue weighted by Gasteiger charge is 2.24. The van der Waals surface area contributed by atoms with Crippen LogP contribution < -0.4 is 0 Å². The number of allylic oxidation sites excluding steroid dienone is 8. The molecule has 0 N–H and O–H groups in total. The Labute approximate surface area is 79.3 Å². The van der Waals surface area contributed by atoms with E-state index in [0.717, 1.165) is 0 Å². The lowest BCUT2D eigenvalue weighted by Crippen LogP contribution is -2.11. The molecule has 0 nitrogen and oxygen atoms in total. The van der Waals surface area contributed by atoms with Gasteiger partial charge in [-0.1, -0.05) is 36.0 Å². The van der Waals surface area contributed by atoms with Gasteiger partial charge in [-0.15, -0.1) is 0 Å². The molecule has 13 heavy (non-hydrogen) atoms. The summed E-state index contributed by atoms with van der Waals surface area (Å²) in [6.45, 7) is 0. The van der Waals surface area contributed by atoms with E-state index in [-0.39, 0.29) is 0 Å². The average molecular weight is 170 g/mol. The SMILES string of the molecule is C1=CC2C(=C1)C=CC1=C2CCCC1. The van der Waals surface area contributed by atoms with E-state index in [2.05, 4.69) is 30.4 Å². The van der Waals surface area contributed by atoms with Gasteiger partial charge in [0.1, 0.15) is 0 Å². The molecule has 1 unspecified atom stereocenters. The predicted molar refractivity (Wildman–Crippen MR) is 55.3 cm³/mol. The summed E-state index contributed by atoms with van der Waals surface area (Å²) in [6.07, 6.45) is 16.9. The summed E-state index contributed by atoms with van der Waals surface area (Å²) >= 11 is 0. The van der Waals surface area contributed by atoms with Crippen LogP contribution in [0.3, 0.4) is 0 Å². The maximum absolute atomic E-state index is 2.35. The van der Waals surface area contributed by atoms with Crippen molar-refractivity contribution in [3.63, 3.8) is 0 Å². The molecule has 3 aliphatic carbocycles. The average Bonchev–Trinajstić information content (AvgIpc) is 2.65. The molecule has 1 atom stereocenters. The second-order valence-corrected chi connectivity index (χ2v) is 4.12. The van der Waals surface area contributed by atoms with E-state index in [1.807, 2.05) is 0 Å². The molecule has 0 aromatic heterocycles. The third-order valence-electron chi connectivity index (χ3n) is 3.36. The molecule has 0 aromatic rings. The van der Waals surface area contributed by atoms with Crippen LogP contribution in [0.25, 0.3) is 0 Å². The Morgan fingerprint density at radius 1 is 1.08 bits per heavy atom. The molecule has 0 heterocycles. The molecule has 3 rings (SSSR count). The van der Waals surface area contributed by atoms with Gasteiger partial charge in [0.2, 0.25) is 0 Å². The summed E-state index contributed by atoms with van der Waals surface area (Å²) in [7, 11) is 0. The van der Waals surface area contributed by atoms with Crippen molar-refractivity contribution in [1.29, 1.82) is 0 Å². The van der Waals surface area contributed by atoms with Crippen LogP contribution in [0.4, 0.5) is 0 Å². The zero-order chi connectivity index (χ0) is 8.67. The summed E-state index contributed by atoms with van der Waals surface area (Å²) in [4.78, 5) is 0. The molecule has 0 amide bonds. The first-order valence-corrected chi connectivity index (χ1v) is 5.23. The van der Waals surface area contributed by atoms with Gasteiger partial charge in [-0.05, 0) is 36.8 Å². The zero-order valence-corrected chi connectivity index (χ0v) is 7.79. The number of fused-ring (bicyclic) bond motifs is 2. The molecule has 0 saturated heterocycles. The van der Waals surface area contributed by atoms with E-state index in [9.17, 15) is 0 Å². The molecular weight excluding hydrogens is 156 g/mol. The van der Waals surface area contributed by atoms with E-state index < -0.39 is 0 Å². The Morgan fingerprint density at radius 3 is 3.00 bits per heavy atom. The van der Waals surface area contributed by atoms with Gasteiger partial charge in [-0.2, -0.15) is 0 Å². The summed E-state index contributed by atoms with van der Waals surface area (Å²) in [5.74, 6) is 0.653. The Hall–Kier alpha value is -1.04. The first-order chi connectivity index (χ1) is 6.45. The van der Waals surface area contributed by atoms with E-state index in [1.165, 1.54) is 31.3 Å². The standard InChI is InChI=1S/C13H14/c1-2-6-12-10(4-1)8-9-11-5-3-7-13(11)12/h3,5,7-9,13H,1-2,4,6H2. The smallest absolute Gasteiger partial charge is 0.0237 e. The molecule has 0 radical (unpaired) electrons. The van der Waals surface area contributed by atoms with Crippen LogP contribution in [-0.2, 0) is 0 Å². The van der Waals surface area contributed by atoms with Gasteiger partial charge in [0.25, 0.3) is 0 Å². The normalized spacial score (nSPS) is 30.2. The molecule has 0 spiro atoms. The van der Waals surface area contributed by atoms with Gasteiger partial charge < -0.3 is 0 Å². The molecule has 3 aliphatic rings. The van der Waals surface area contributed by atoms with Crippen molar-refractivity contribution >= 4 is 0 Å². The Kier molecular flexibility index (Phi) is 1.55. The fraction of sp³-hybridized carbons (Fsp3) is 0.385. The summed E-state index contributed by atoms with van der Waals surface area (Å²) in [6, 6.07) is 0. The topological polar surface area (TPSA) is 0 Å². The fourth-order valence-electron chi connectivity index (χ4n) is 2.66. The van der Waals surface area contributed by atoms with Gasteiger partial charge in [-0.3, -0.25) is 0 Å². The minimum absolute atomic E-state index is 0.653. The van der Waals surface area contributed by atoms with Crippen molar-refractivity contribution in [1.82, 2.24) is 0 Å². The minimum atomic E-state index is 0.653. The zero-order valence-electron chi connectivity index (χ0n) is 7.79. The highest BCUT2D eigenvalue weighted by Crippen LogP contribution is 2.40. The van der Waals surface area contributed by atoms with Crippen molar-refractivity contribution < 1.29 is 0 Å². The molecule has 0 fully saturated rings. The van der Waals surface area contributed by atoms with Crippen LogP contribution in [-0.4, -0.2) is 0 Å². The van der Waals surface area contributed by atoms with Crippen molar-refractivity contribution in [2.24, 2.45) is 5.92 Å². The lowest BCUT2D eigenvalue weighted by atomic mass is 9.78. The van der Waals surface area contributed by atoms with Crippen molar-refractivity contribution in [3.05, 3.63) is 47.1 Å². The molecule has 0 aromatic carbocycles. The molecule has 0 heteroatoms. The van der Waals surface area contributed by atoms with Crippen LogP contribution in [0.15, 0.2) is 47.1 Å². The Bertz CT molecular complexity index is 350. The van der Waals surface area contributed by atoms with Crippen molar-refractivity contribution in [3.8, 4) is 0 Å². The molecule has 0 bridgehead atoms. The van der Waals surface area contributed by atoms with E-state index in [4.69, 9.17) is 0 Å². The lowest BCUT2D eigenvalue weighted by Gasteiger charge is -2.27. The quantitative estimate of drug-likeness (QED) is 0.521. The molecule has 0 saturated carbocycles. The van der Waals surface area contributed by atoms with Crippen LogP contribution in [0.5, 0.6) is 0 Å². The monoisotopic (exact) mass is 170 g/mol. The van der Waals surface area contributed by atoms with Crippen LogP contribution in [0.2, 0.25) is 0 Å². The third-order valence-corrected chi connectivity index (χ3v) is 3.36. The fourth-order valence-corrected chi connectivity index (χ4v) is 2.66.